The van der Waals surface area contributed by atoms with Crippen molar-refractivity contribution in [3.63, 3.8) is 0 Å². The van der Waals surface area contributed by atoms with E-state index < -0.39 is 0 Å². The van der Waals surface area contributed by atoms with Gasteiger partial charge in [-0.1, -0.05) is 0 Å². The van der Waals surface area contributed by atoms with Gasteiger partial charge in [0.25, 0.3) is 0 Å². The summed E-state index contributed by atoms with van der Waals surface area (Å²) >= 11 is 0. The summed E-state index contributed by atoms with van der Waals surface area (Å²) in [5.74, 6) is 2.74. The molecule has 5 nitrogen and oxygen atoms in total. The molecule has 0 aliphatic heterocycles. The maximum atomic E-state index is 8.94. The Hall–Kier alpha value is -2.14. The first-order valence-electron chi connectivity index (χ1n) is 6.50. The van der Waals surface area contributed by atoms with Crippen LogP contribution in [0.5, 0.6) is 11.5 Å². The van der Waals surface area contributed by atoms with Gasteiger partial charge in [0.05, 0.1) is 20.3 Å². The summed E-state index contributed by atoms with van der Waals surface area (Å²) in [5, 5.41) is 12.2. The Bertz CT molecular complexity index is 551. The molecule has 20 heavy (non-hydrogen) atoms. The standard InChI is InChI=1S/C15H19NO4/c1-3-19-15-8-11(4-7-14(15)18-2)16-9-12-5-6-13(10-17)20-12/h4-8,16-17H,3,9-10H2,1-2H3. The summed E-state index contributed by atoms with van der Waals surface area (Å²) in [6.07, 6.45) is 0. The average Bonchev–Trinajstić information content (AvgIpc) is 2.94. The van der Waals surface area contributed by atoms with Crippen molar-refractivity contribution in [3.05, 3.63) is 41.9 Å². The lowest BCUT2D eigenvalue weighted by Gasteiger charge is -2.11. The molecule has 2 rings (SSSR count). The van der Waals surface area contributed by atoms with Crippen LogP contribution in [0.3, 0.4) is 0 Å². The Morgan fingerprint density at radius 3 is 2.60 bits per heavy atom. The first-order chi connectivity index (χ1) is 9.76. The zero-order chi connectivity index (χ0) is 14.4. The third kappa shape index (κ3) is 3.45. The molecule has 2 aromatic rings. The number of ether oxygens (including phenoxy) is 2. The minimum Gasteiger partial charge on any atom is -0.493 e. The quantitative estimate of drug-likeness (QED) is 0.814. The summed E-state index contributed by atoms with van der Waals surface area (Å²) in [4.78, 5) is 0. The normalized spacial score (nSPS) is 10.3. The molecule has 0 radical (unpaired) electrons. The molecule has 0 unspecified atom stereocenters. The van der Waals surface area contributed by atoms with E-state index in [1.54, 1.807) is 13.2 Å². The maximum Gasteiger partial charge on any atom is 0.163 e. The van der Waals surface area contributed by atoms with Gasteiger partial charge in [-0.05, 0) is 31.2 Å². The number of benzene rings is 1. The summed E-state index contributed by atoms with van der Waals surface area (Å²) in [5.41, 5.74) is 0.913. The van der Waals surface area contributed by atoms with Gasteiger partial charge >= 0.3 is 0 Å². The zero-order valence-corrected chi connectivity index (χ0v) is 11.7. The number of nitrogens with one attached hydrogen (secondary N) is 1. The van der Waals surface area contributed by atoms with Crippen molar-refractivity contribution in [2.45, 2.75) is 20.1 Å². The van der Waals surface area contributed by atoms with Gasteiger partial charge in [-0.3, -0.25) is 0 Å². The number of aliphatic hydroxyl groups is 1. The Morgan fingerprint density at radius 1 is 1.15 bits per heavy atom. The van der Waals surface area contributed by atoms with E-state index >= 15 is 0 Å². The topological polar surface area (TPSA) is 63.9 Å². The van der Waals surface area contributed by atoms with Gasteiger partial charge in [-0.15, -0.1) is 0 Å². The molecule has 0 saturated heterocycles. The van der Waals surface area contributed by atoms with Crippen LogP contribution in [0, 0.1) is 0 Å². The molecule has 0 aliphatic rings. The van der Waals surface area contributed by atoms with Gasteiger partial charge in [-0.25, -0.2) is 0 Å². The third-order valence-corrected chi connectivity index (χ3v) is 2.80. The monoisotopic (exact) mass is 277 g/mol. The van der Waals surface area contributed by atoms with E-state index in [1.807, 2.05) is 31.2 Å². The Labute approximate surface area is 118 Å². The number of hydrogen-bond acceptors (Lipinski definition) is 5. The van der Waals surface area contributed by atoms with Crippen molar-refractivity contribution in [2.75, 3.05) is 19.0 Å². The minimum absolute atomic E-state index is 0.0863. The summed E-state index contributed by atoms with van der Waals surface area (Å²) in [6.45, 7) is 2.96. The van der Waals surface area contributed by atoms with Crippen LogP contribution in [0.25, 0.3) is 0 Å². The van der Waals surface area contributed by atoms with E-state index in [0.29, 0.717) is 30.4 Å². The third-order valence-electron chi connectivity index (χ3n) is 2.80. The average molecular weight is 277 g/mol. The number of anilines is 1. The molecule has 1 heterocycles. The van der Waals surface area contributed by atoms with Crippen LogP contribution in [0.2, 0.25) is 0 Å². The van der Waals surface area contributed by atoms with Crippen molar-refractivity contribution < 1.29 is 19.0 Å². The van der Waals surface area contributed by atoms with Gasteiger partial charge in [0.15, 0.2) is 11.5 Å². The van der Waals surface area contributed by atoms with Crippen LogP contribution in [-0.2, 0) is 13.2 Å². The molecule has 1 aromatic heterocycles. The minimum atomic E-state index is -0.0863. The van der Waals surface area contributed by atoms with E-state index in [1.165, 1.54) is 0 Å². The number of hydrogen-bond donors (Lipinski definition) is 2. The van der Waals surface area contributed by atoms with Crippen molar-refractivity contribution in [2.24, 2.45) is 0 Å². The Kier molecular flexibility index (Phi) is 4.90. The van der Waals surface area contributed by atoms with E-state index in [2.05, 4.69) is 5.32 Å². The molecule has 0 amide bonds. The van der Waals surface area contributed by atoms with Gasteiger partial charge in [0.1, 0.15) is 18.1 Å². The Morgan fingerprint density at radius 2 is 1.95 bits per heavy atom. The van der Waals surface area contributed by atoms with E-state index in [-0.39, 0.29) is 6.61 Å². The highest BCUT2D eigenvalue weighted by Crippen LogP contribution is 2.30. The molecule has 1 aromatic carbocycles. The first-order valence-corrected chi connectivity index (χ1v) is 6.50. The fourth-order valence-electron chi connectivity index (χ4n) is 1.85. The lowest BCUT2D eigenvalue weighted by Crippen LogP contribution is -2.00. The summed E-state index contributed by atoms with van der Waals surface area (Å²) < 4.78 is 16.2. The van der Waals surface area contributed by atoms with Crippen LogP contribution in [0.1, 0.15) is 18.4 Å². The molecule has 0 fully saturated rings. The molecule has 0 atom stereocenters. The highest BCUT2D eigenvalue weighted by molar-refractivity contribution is 5.54. The second-order valence-corrected chi connectivity index (χ2v) is 4.18. The van der Waals surface area contributed by atoms with Crippen LogP contribution >= 0.6 is 0 Å². The molecule has 5 heteroatoms. The van der Waals surface area contributed by atoms with Gasteiger partial charge in [0, 0.05) is 11.8 Å². The second kappa shape index (κ2) is 6.86. The molecular weight excluding hydrogens is 258 g/mol. The van der Waals surface area contributed by atoms with Crippen molar-refractivity contribution >= 4 is 5.69 Å². The lowest BCUT2D eigenvalue weighted by atomic mass is 10.2. The van der Waals surface area contributed by atoms with Gasteiger partial charge in [0.2, 0.25) is 0 Å². The smallest absolute Gasteiger partial charge is 0.163 e. The van der Waals surface area contributed by atoms with Crippen LogP contribution in [0.4, 0.5) is 5.69 Å². The van der Waals surface area contributed by atoms with Crippen molar-refractivity contribution in [1.29, 1.82) is 0 Å². The number of furan rings is 1. The van der Waals surface area contributed by atoms with E-state index in [4.69, 9.17) is 19.0 Å². The SMILES string of the molecule is CCOc1cc(NCc2ccc(CO)o2)ccc1OC. The summed E-state index contributed by atoms with van der Waals surface area (Å²) in [7, 11) is 1.62. The van der Waals surface area contributed by atoms with Crippen LogP contribution in [-0.4, -0.2) is 18.8 Å². The molecule has 0 spiro atoms. The molecule has 0 saturated carbocycles. The fourth-order valence-corrected chi connectivity index (χ4v) is 1.85. The van der Waals surface area contributed by atoms with Gasteiger partial charge in [-0.2, -0.15) is 0 Å². The summed E-state index contributed by atoms with van der Waals surface area (Å²) in [6, 6.07) is 9.26. The number of aliphatic hydroxyl groups excluding tert-OH is 1. The highest BCUT2D eigenvalue weighted by atomic mass is 16.5. The highest BCUT2D eigenvalue weighted by Gasteiger charge is 2.06. The fraction of sp³-hybridized carbons (Fsp3) is 0.333. The van der Waals surface area contributed by atoms with Crippen LogP contribution in [0.15, 0.2) is 34.7 Å². The molecule has 0 bridgehead atoms. The van der Waals surface area contributed by atoms with Crippen LogP contribution < -0.4 is 14.8 Å². The van der Waals surface area contributed by atoms with Crippen molar-refractivity contribution in [3.8, 4) is 11.5 Å². The lowest BCUT2D eigenvalue weighted by molar-refractivity contribution is 0.244. The first kappa shape index (κ1) is 14.3. The molecule has 0 aliphatic carbocycles. The predicted octanol–water partition coefficient (Wildman–Crippen LogP) is 2.79. The van der Waals surface area contributed by atoms with Gasteiger partial charge < -0.3 is 24.3 Å². The van der Waals surface area contributed by atoms with Crippen molar-refractivity contribution in [1.82, 2.24) is 0 Å². The van der Waals surface area contributed by atoms with E-state index in [0.717, 1.165) is 11.4 Å². The largest absolute Gasteiger partial charge is 0.493 e. The second-order valence-electron chi connectivity index (χ2n) is 4.18. The zero-order valence-electron chi connectivity index (χ0n) is 11.7. The maximum absolute atomic E-state index is 8.94. The predicted molar refractivity (Wildman–Crippen MR) is 76.1 cm³/mol. The molecular formula is C15H19NO4. The number of methoxy groups -OCH3 is 1. The molecule has 108 valence electrons. The Balaban J connectivity index is 2.03. The number of rotatable bonds is 7. The van der Waals surface area contributed by atoms with E-state index in [9.17, 15) is 0 Å². The molecule has 2 N–H and O–H groups in total.